The molecule has 0 unspecified atom stereocenters. The standard InChI is InChI=1S/C19H22N6O2/c1-11(2)16-8-14(15-10-21-25(12(3)4)17(15)22-16)19(27)24-23-18(26)13-6-5-7-20-9-13/h5-12H,1-4H3,(H,23,26)(H,24,27). The maximum Gasteiger partial charge on any atom is 0.271 e. The molecule has 8 heteroatoms. The number of hydrazine groups is 1. The zero-order valence-corrected chi connectivity index (χ0v) is 15.7. The highest BCUT2D eigenvalue weighted by molar-refractivity contribution is 6.06. The van der Waals surface area contributed by atoms with Crippen molar-refractivity contribution in [2.75, 3.05) is 0 Å². The smallest absolute Gasteiger partial charge is 0.267 e. The van der Waals surface area contributed by atoms with Crippen LogP contribution in [0.3, 0.4) is 0 Å². The Morgan fingerprint density at radius 1 is 1.07 bits per heavy atom. The molecule has 0 bridgehead atoms. The summed E-state index contributed by atoms with van der Waals surface area (Å²) in [6.07, 6.45) is 4.63. The van der Waals surface area contributed by atoms with Crippen LogP contribution in [0.25, 0.3) is 11.0 Å². The van der Waals surface area contributed by atoms with Crippen molar-refractivity contribution < 1.29 is 9.59 Å². The number of pyridine rings is 2. The van der Waals surface area contributed by atoms with Crippen molar-refractivity contribution in [3.8, 4) is 0 Å². The normalized spacial score (nSPS) is 11.2. The number of hydrogen-bond acceptors (Lipinski definition) is 5. The van der Waals surface area contributed by atoms with Crippen LogP contribution < -0.4 is 10.9 Å². The summed E-state index contributed by atoms with van der Waals surface area (Å²) in [5, 5.41) is 5.00. The van der Waals surface area contributed by atoms with E-state index in [1.807, 2.05) is 27.7 Å². The molecule has 0 fully saturated rings. The van der Waals surface area contributed by atoms with E-state index in [0.717, 1.165) is 5.69 Å². The fourth-order valence-corrected chi connectivity index (χ4v) is 2.65. The van der Waals surface area contributed by atoms with Crippen molar-refractivity contribution in [1.29, 1.82) is 0 Å². The first-order valence-corrected chi connectivity index (χ1v) is 8.77. The van der Waals surface area contributed by atoms with E-state index < -0.39 is 11.8 Å². The number of hydrogen-bond donors (Lipinski definition) is 2. The molecule has 0 aliphatic rings. The van der Waals surface area contributed by atoms with Gasteiger partial charge in [0.2, 0.25) is 0 Å². The maximum atomic E-state index is 12.7. The predicted molar refractivity (Wildman–Crippen MR) is 101 cm³/mol. The third kappa shape index (κ3) is 3.79. The maximum absolute atomic E-state index is 12.7. The van der Waals surface area contributed by atoms with Gasteiger partial charge >= 0.3 is 0 Å². The van der Waals surface area contributed by atoms with E-state index in [2.05, 4.69) is 25.9 Å². The lowest BCUT2D eigenvalue weighted by Crippen LogP contribution is -2.41. The van der Waals surface area contributed by atoms with E-state index in [1.54, 1.807) is 35.3 Å². The van der Waals surface area contributed by atoms with Crippen LogP contribution in [0.2, 0.25) is 0 Å². The average molecular weight is 366 g/mol. The number of rotatable bonds is 4. The Balaban J connectivity index is 1.90. The van der Waals surface area contributed by atoms with Gasteiger partial charge in [0.15, 0.2) is 5.65 Å². The van der Waals surface area contributed by atoms with E-state index in [9.17, 15) is 9.59 Å². The largest absolute Gasteiger partial charge is 0.271 e. The zero-order chi connectivity index (χ0) is 19.6. The first kappa shape index (κ1) is 18.5. The van der Waals surface area contributed by atoms with Gasteiger partial charge in [0.25, 0.3) is 11.8 Å². The SMILES string of the molecule is CC(C)c1cc(C(=O)NNC(=O)c2cccnc2)c2cnn(C(C)C)c2n1. The molecule has 8 nitrogen and oxygen atoms in total. The molecule has 0 saturated carbocycles. The number of nitrogens with one attached hydrogen (secondary N) is 2. The van der Waals surface area contributed by atoms with Crippen LogP contribution in [0.4, 0.5) is 0 Å². The number of carbonyl (C=O) groups excluding carboxylic acids is 2. The predicted octanol–water partition coefficient (Wildman–Crippen LogP) is 2.61. The summed E-state index contributed by atoms with van der Waals surface area (Å²) in [4.78, 5) is 33.4. The molecule has 2 N–H and O–H groups in total. The quantitative estimate of drug-likeness (QED) is 0.691. The van der Waals surface area contributed by atoms with Crippen LogP contribution in [0.1, 0.15) is 66.1 Å². The van der Waals surface area contributed by atoms with Gasteiger partial charge in [-0.15, -0.1) is 0 Å². The molecular formula is C19H22N6O2. The van der Waals surface area contributed by atoms with Gasteiger partial charge in [-0.05, 0) is 38.0 Å². The van der Waals surface area contributed by atoms with Crippen LogP contribution in [0.5, 0.6) is 0 Å². The number of carbonyl (C=O) groups is 2. The molecule has 0 radical (unpaired) electrons. The summed E-state index contributed by atoms with van der Waals surface area (Å²) in [6.45, 7) is 8.03. The molecule has 0 aliphatic heterocycles. The molecule has 140 valence electrons. The highest BCUT2D eigenvalue weighted by Crippen LogP contribution is 2.24. The van der Waals surface area contributed by atoms with E-state index in [0.29, 0.717) is 22.2 Å². The summed E-state index contributed by atoms with van der Waals surface area (Å²) < 4.78 is 1.78. The second-order valence-electron chi connectivity index (χ2n) is 6.82. The van der Waals surface area contributed by atoms with Gasteiger partial charge in [0.05, 0.1) is 22.7 Å². The van der Waals surface area contributed by atoms with Crippen molar-refractivity contribution in [3.05, 3.63) is 53.6 Å². The number of aromatic nitrogens is 4. The Morgan fingerprint density at radius 3 is 2.44 bits per heavy atom. The Bertz CT molecular complexity index is 979. The number of amides is 2. The van der Waals surface area contributed by atoms with Crippen LogP contribution >= 0.6 is 0 Å². The Hall–Kier alpha value is -3.29. The monoisotopic (exact) mass is 366 g/mol. The second kappa shape index (κ2) is 7.53. The van der Waals surface area contributed by atoms with E-state index in [-0.39, 0.29) is 12.0 Å². The lowest BCUT2D eigenvalue weighted by molar-refractivity contribution is 0.0847. The highest BCUT2D eigenvalue weighted by atomic mass is 16.2. The van der Waals surface area contributed by atoms with Gasteiger partial charge in [-0.3, -0.25) is 25.4 Å². The Kier molecular flexibility index (Phi) is 5.16. The molecule has 3 aromatic heterocycles. The van der Waals surface area contributed by atoms with Gasteiger partial charge in [0.1, 0.15) is 0 Å². The molecule has 0 atom stereocenters. The van der Waals surface area contributed by atoms with E-state index in [1.165, 1.54) is 6.20 Å². The highest BCUT2D eigenvalue weighted by Gasteiger charge is 2.19. The number of nitrogens with zero attached hydrogens (tertiary/aromatic N) is 4. The fraction of sp³-hybridized carbons (Fsp3) is 0.316. The molecular weight excluding hydrogens is 344 g/mol. The molecule has 3 aromatic rings. The molecule has 2 amide bonds. The van der Waals surface area contributed by atoms with Gasteiger partial charge in [-0.2, -0.15) is 5.10 Å². The topological polar surface area (TPSA) is 102 Å². The van der Waals surface area contributed by atoms with Crippen LogP contribution in [0, 0.1) is 0 Å². The zero-order valence-electron chi connectivity index (χ0n) is 15.7. The molecule has 0 saturated heterocycles. The fourth-order valence-electron chi connectivity index (χ4n) is 2.65. The average Bonchev–Trinajstić information content (AvgIpc) is 3.10. The molecule has 0 aromatic carbocycles. The molecule has 0 spiro atoms. The van der Waals surface area contributed by atoms with Gasteiger partial charge in [0, 0.05) is 24.1 Å². The Labute approximate surface area is 157 Å². The van der Waals surface area contributed by atoms with E-state index >= 15 is 0 Å². The van der Waals surface area contributed by atoms with Crippen molar-refractivity contribution in [3.63, 3.8) is 0 Å². The summed E-state index contributed by atoms with van der Waals surface area (Å²) in [7, 11) is 0. The van der Waals surface area contributed by atoms with Crippen molar-refractivity contribution in [2.45, 2.75) is 39.7 Å². The van der Waals surface area contributed by atoms with Crippen molar-refractivity contribution in [1.82, 2.24) is 30.6 Å². The van der Waals surface area contributed by atoms with Gasteiger partial charge < -0.3 is 0 Å². The minimum absolute atomic E-state index is 0.110. The molecule has 3 heterocycles. The van der Waals surface area contributed by atoms with E-state index in [4.69, 9.17) is 0 Å². The lowest BCUT2D eigenvalue weighted by Gasteiger charge is -2.12. The third-order valence-corrected chi connectivity index (χ3v) is 4.13. The Morgan fingerprint density at radius 2 is 1.81 bits per heavy atom. The minimum atomic E-state index is -0.441. The number of fused-ring (bicyclic) bond motifs is 1. The van der Waals surface area contributed by atoms with Gasteiger partial charge in [-0.1, -0.05) is 13.8 Å². The summed E-state index contributed by atoms with van der Waals surface area (Å²) >= 11 is 0. The molecule has 27 heavy (non-hydrogen) atoms. The first-order valence-electron chi connectivity index (χ1n) is 8.77. The van der Waals surface area contributed by atoms with Crippen LogP contribution in [0.15, 0.2) is 36.8 Å². The lowest BCUT2D eigenvalue weighted by atomic mass is 10.1. The van der Waals surface area contributed by atoms with Crippen molar-refractivity contribution in [2.24, 2.45) is 0 Å². The van der Waals surface area contributed by atoms with Crippen LogP contribution in [-0.2, 0) is 0 Å². The second-order valence-corrected chi connectivity index (χ2v) is 6.82. The van der Waals surface area contributed by atoms with Crippen LogP contribution in [-0.4, -0.2) is 31.6 Å². The summed E-state index contributed by atoms with van der Waals surface area (Å²) in [5.41, 5.74) is 7.09. The molecule has 3 rings (SSSR count). The molecule has 0 aliphatic carbocycles. The minimum Gasteiger partial charge on any atom is -0.267 e. The summed E-state index contributed by atoms with van der Waals surface area (Å²) in [6, 6.07) is 5.12. The van der Waals surface area contributed by atoms with Crippen molar-refractivity contribution >= 4 is 22.8 Å². The first-order chi connectivity index (χ1) is 12.9. The van der Waals surface area contributed by atoms with Gasteiger partial charge in [-0.25, -0.2) is 9.67 Å². The summed E-state index contributed by atoms with van der Waals surface area (Å²) in [5.74, 6) is -0.727. The third-order valence-electron chi connectivity index (χ3n) is 4.13.